The van der Waals surface area contributed by atoms with Crippen LogP contribution in [0.5, 0.6) is 0 Å². The van der Waals surface area contributed by atoms with Crippen molar-refractivity contribution in [3.8, 4) is 0 Å². The van der Waals surface area contributed by atoms with Crippen molar-refractivity contribution in [1.29, 1.82) is 0 Å². The van der Waals surface area contributed by atoms with E-state index in [0.717, 1.165) is 37.7 Å². The lowest BCUT2D eigenvalue weighted by Crippen LogP contribution is -2.39. The molecule has 1 aromatic rings. The molecule has 0 radical (unpaired) electrons. The van der Waals surface area contributed by atoms with Crippen LogP contribution in [0.2, 0.25) is 10.0 Å². The van der Waals surface area contributed by atoms with E-state index in [9.17, 15) is 0 Å². The van der Waals surface area contributed by atoms with Gasteiger partial charge in [-0.05, 0) is 37.8 Å². The zero-order valence-corrected chi connectivity index (χ0v) is 14.1. The maximum Gasteiger partial charge on any atom is 0.0950 e. The quantitative estimate of drug-likeness (QED) is 0.721. The average Bonchev–Trinajstić information content (AvgIpc) is 3.01. The first-order valence-corrected chi connectivity index (χ1v) is 8.54. The molecule has 0 amide bonds. The number of benzene rings is 1. The van der Waals surface area contributed by atoms with Gasteiger partial charge in [0.2, 0.25) is 0 Å². The van der Waals surface area contributed by atoms with Gasteiger partial charge in [-0.1, -0.05) is 43.1 Å². The summed E-state index contributed by atoms with van der Waals surface area (Å²) in [6.07, 6.45) is 5.43. The van der Waals surface area contributed by atoms with Gasteiger partial charge in [-0.2, -0.15) is 0 Å². The molecule has 3 rings (SSSR count). The number of hydrogen-bond acceptors (Lipinski definition) is 2. The van der Waals surface area contributed by atoms with Crippen LogP contribution >= 0.6 is 23.2 Å². The van der Waals surface area contributed by atoms with E-state index in [-0.39, 0.29) is 17.3 Å². The second-order valence-electron chi connectivity index (χ2n) is 6.26. The minimum absolute atomic E-state index is 0.0327. The molecule has 2 heterocycles. The highest BCUT2D eigenvalue weighted by molar-refractivity contribution is 6.35. The Labute approximate surface area is 136 Å². The summed E-state index contributed by atoms with van der Waals surface area (Å²) in [7, 11) is 0. The van der Waals surface area contributed by atoms with Crippen LogP contribution in [0.1, 0.15) is 51.5 Å². The Morgan fingerprint density at radius 1 is 1.19 bits per heavy atom. The Balaban J connectivity index is 1.74. The first kappa shape index (κ1) is 15.6. The van der Waals surface area contributed by atoms with Crippen molar-refractivity contribution in [3.05, 3.63) is 33.8 Å². The molecule has 0 aromatic heterocycles. The van der Waals surface area contributed by atoms with Crippen molar-refractivity contribution in [2.24, 2.45) is 0 Å². The standard InChI is InChI=1S/C17H22Cl2O2/c1-3-16-8-9-17(4-2,21-16)15(10-16)20-11-12-13(18)6-5-7-14(12)19/h5-7,15H,3-4,8-11H2,1-2H3. The molecule has 21 heavy (non-hydrogen) atoms. The molecule has 0 spiro atoms. The van der Waals surface area contributed by atoms with Gasteiger partial charge < -0.3 is 9.47 Å². The van der Waals surface area contributed by atoms with Gasteiger partial charge in [0.25, 0.3) is 0 Å². The summed E-state index contributed by atoms with van der Waals surface area (Å²) in [6.45, 7) is 4.85. The third kappa shape index (κ3) is 2.61. The van der Waals surface area contributed by atoms with Crippen LogP contribution in [-0.4, -0.2) is 17.3 Å². The Morgan fingerprint density at radius 3 is 2.52 bits per heavy atom. The van der Waals surface area contributed by atoms with Crippen molar-refractivity contribution in [2.75, 3.05) is 0 Å². The molecule has 1 aromatic carbocycles. The minimum Gasteiger partial charge on any atom is -0.370 e. The second-order valence-corrected chi connectivity index (χ2v) is 7.08. The molecule has 2 aliphatic rings. The molecule has 116 valence electrons. The number of fused-ring (bicyclic) bond motifs is 2. The van der Waals surface area contributed by atoms with Crippen LogP contribution in [-0.2, 0) is 16.1 Å². The van der Waals surface area contributed by atoms with Crippen molar-refractivity contribution in [3.63, 3.8) is 0 Å². The van der Waals surface area contributed by atoms with E-state index >= 15 is 0 Å². The monoisotopic (exact) mass is 328 g/mol. The third-order valence-corrected chi connectivity index (χ3v) is 6.01. The highest BCUT2D eigenvalue weighted by Gasteiger charge is 2.60. The van der Waals surface area contributed by atoms with Gasteiger partial charge in [-0.25, -0.2) is 0 Å². The molecule has 3 unspecified atom stereocenters. The van der Waals surface area contributed by atoms with Crippen molar-refractivity contribution in [1.82, 2.24) is 0 Å². The predicted octanol–water partition coefficient (Wildman–Crippen LogP) is 5.39. The molecule has 0 saturated carbocycles. The summed E-state index contributed by atoms with van der Waals surface area (Å²) < 4.78 is 12.6. The summed E-state index contributed by atoms with van der Waals surface area (Å²) in [5.74, 6) is 0. The van der Waals surface area contributed by atoms with E-state index in [1.807, 2.05) is 18.2 Å². The van der Waals surface area contributed by atoms with E-state index in [0.29, 0.717) is 16.7 Å². The summed E-state index contributed by atoms with van der Waals surface area (Å²) in [4.78, 5) is 0. The lowest BCUT2D eigenvalue weighted by molar-refractivity contribution is -0.0995. The van der Waals surface area contributed by atoms with E-state index in [4.69, 9.17) is 32.7 Å². The zero-order chi connectivity index (χ0) is 15.1. The molecule has 3 atom stereocenters. The van der Waals surface area contributed by atoms with Crippen LogP contribution in [0.25, 0.3) is 0 Å². The molecule has 2 saturated heterocycles. The zero-order valence-electron chi connectivity index (χ0n) is 12.6. The summed E-state index contributed by atoms with van der Waals surface area (Å²) in [5, 5.41) is 1.34. The Kier molecular flexibility index (Phi) is 4.26. The molecule has 2 aliphatic heterocycles. The second kappa shape index (κ2) is 5.73. The predicted molar refractivity (Wildman–Crippen MR) is 86.0 cm³/mol. The maximum atomic E-state index is 6.42. The molecular formula is C17H22Cl2O2. The van der Waals surface area contributed by atoms with E-state index in [1.54, 1.807) is 0 Å². The third-order valence-electron chi connectivity index (χ3n) is 5.30. The SMILES string of the molecule is CCC12CCC(CC)(O1)C(OCc1c(Cl)cccc1Cl)C2. The molecule has 0 aliphatic carbocycles. The average molecular weight is 329 g/mol. The lowest BCUT2D eigenvalue weighted by Gasteiger charge is -2.32. The smallest absolute Gasteiger partial charge is 0.0950 e. The minimum atomic E-state index is -0.107. The first-order chi connectivity index (χ1) is 10.0. The van der Waals surface area contributed by atoms with Crippen molar-refractivity contribution >= 4 is 23.2 Å². The van der Waals surface area contributed by atoms with E-state index in [2.05, 4.69) is 13.8 Å². The highest BCUT2D eigenvalue weighted by atomic mass is 35.5. The van der Waals surface area contributed by atoms with Gasteiger partial charge in [-0.15, -0.1) is 0 Å². The van der Waals surface area contributed by atoms with Crippen LogP contribution in [0.15, 0.2) is 18.2 Å². The Morgan fingerprint density at radius 2 is 1.90 bits per heavy atom. The largest absolute Gasteiger partial charge is 0.370 e. The highest BCUT2D eigenvalue weighted by Crippen LogP contribution is 2.55. The van der Waals surface area contributed by atoms with E-state index in [1.165, 1.54) is 0 Å². The van der Waals surface area contributed by atoms with Crippen molar-refractivity contribution in [2.45, 2.75) is 69.9 Å². The van der Waals surface area contributed by atoms with Gasteiger partial charge in [0.05, 0.1) is 23.9 Å². The molecule has 2 bridgehead atoms. The summed E-state index contributed by atoms with van der Waals surface area (Å²) >= 11 is 12.4. The Bertz CT molecular complexity index is 513. The van der Waals surface area contributed by atoms with Gasteiger partial charge >= 0.3 is 0 Å². The van der Waals surface area contributed by atoms with Crippen LogP contribution in [0.3, 0.4) is 0 Å². The van der Waals surface area contributed by atoms with Gasteiger partial charge in [-0.3, -0.25) is 0 Å². The van der Waals surface area contributed by atoms with Crippen LogP contribution in [0.4, 0.5) is 0 Å². The van der Waals surface area contributed by atoms with E-state index < -0.39 is 0 Å². The topological polar surface area (TPSA) is 18.5 Å². The number of halogens is 2. The number of rotatable bonds is 5. The van der Waals surface area contributed by atoms with Crippen molar-refractivity contribution < 1.29 is 9.47 Å². The molecule has 2 fully saturated rings. The fourth-order valence-corrected chi connectivity index (χ4v) is 4.31. The molecule has 2 nitrogen and oxygen atoms in total. The van der Waals surface area contributed by atoms with Gasteiger partial charge in [0, 0.05) is 22.0 Å². The molecule has 4 heteroatoms. The van der Waals surface area contributed by atoms with Crippen LogP contribution in [0, 0.1) is 0 Å². The normalized spacial score (nSPS) is 34.6. The van der Waals surface area contributed by atoms with Gasteiger partial charge in [0.15, 0.2) is 0 Å². The fourth-order valence-electron chi connectivity index (χ4n) is 3.80. The summed E-state index contributed by atoms with van der Waals surface area (Å²) in [6, 6.07) is 5.56. The Hall–Kier alpha value is -0.280. The van der Waals surface area contributed by atoms with Gasteiger partial charge in [0.1, 0.15) is 0 Å². The number of hydrogen-bond donors (Lipinski definition) is 0. The molecular weight excluding hydrogens is 307 g/mol. The summed E-state index contributed by atoms with van der Waals surface area (Å²) in [5.41, 5.74) is 0.801. The lowest BCUT2D eigenvalue weighted by atomic mass is 9.77. The first-order valence-electron chi connectivity index (χ1n) is 7.79. The van der Waals surface area contributed by atoms with Crippen LogP contribution < -0.4 is 0 Å². The number of ether oxygens (including phenoxy) is 2. The molecule has 0 N–H and O–H groups in total. The fraction of sp³-hybridized carbons (Fsp3) is 0.647. The maximum absolute atomic E-state index is 6.42.